The van der Waals surface area contributed by atoms with Gasteiger partial charge in [0, 0.05) is 6.07 Å². The van der Waals surface area contributed by atoms with E-state index >= 15 is 0 Å². The second-order valence-corrected chi connectivity index (χ2v) is 5.30. The molecular weight excluding hydrogens is 298 g/mol. The highest BCUT2D eigenvalue weighted by Gasteiger charge is 2.15. The van der Waals surface area contributed by atoms with Gasteiger partial charge >= 0.3 is 0 Å². The van der Waals surface area contributed by atoms with Gasteiger partial charge in [-0.25, -0.2) is 13.8 Å². The summed E-state index contributed by atoms with van der Waals surface area (Å²) >= 11 is 0. The molecule has 1 aromatic heterocycles. The number of hydrogen-bond acceptors (Lipinski definition) is 3. The van der Waals surface area contributed by atoms with Crippen LogP contribution >= 0.6 is 0 Å². The Balaban J connectivity index is 1.71. The van der Waals surface area contributed by atoms with Crippen molar-refractivity contribution < 1.29 is 8.78 Å². The standard InChI is InChI=1S/C17H16F2N4/c18-12-7-8-13(14(19)10-12)16-21-17(23-22-16)15(20)9-6-11-4-2-1-3-5-11/h1-5,7-8,10,15H,6,9,20H2,(H,21,22,23)/t15-/m1/s1. The van der Waals surface area contributed by atoms with Gasteiger partial charge in [0.15, 0.2) is 5.82 Å². The van der Waals surface area contributed by atoms with E-state index in [0.717, 1.165) is 12.5 Å². The zero-order valence-corrected chi connectivity index (χ0v) is 12.3. The van der Waals surface area contributed by atoms with Crippen molar-refractivity contribution in [3.63, 3.8) is 0 Å². The molecule has 3 N–H and O–H groups in total. The van der Waals surface area contributed by atoms with Crippen molar-refractivity contribution in [2.24, 2.45) is 5.73 Å². The topological polar surface area (TPSA) is 67.6 Å². The first-order valence-electron chi connectivity index (χ1n) is 7.30. The van der Waals surface area contributed by atoms with Crippen LogP contribution in [0, 0.1) is 11.6 Å². The average Bonchev–Trinajstić information content (AvgIpc) is 3.03. The van der Waals surface area contributed by atoms with E-state index in [0.29, 0.717) is 12.2 Å². The second-order valence-electron chi connectivity index (χ2n) is 5.30. The third-order valence-electron chi connectivity index (χ3n) is 3.61. The van der Waals surface area contributed by atoms with E-state index in [9.17, 15) is 8.78 Å². The van der Waals surface area contributed by atoms with Gasteiger partial charge in [0.05, 0.1) is 11.6 Å². The fourth-order valence-electron chi connectivity index (χ4n) is 2.33. The van der Waals surface area contributed by atoms with Gasteiger partial charge in [0.25, 0.3) is 0 Å². The van der Waals surface area contributed by atoms with Crippen molar-refractivity contribution in [3.05, 3.63) is 71.6 Å². The first-order chi connectivity index (χ1) is 11.1. The van der Waals surface area contributed by atoms with Crippen LogP contribution in [0.25, 0.3) is 11.4 Å². The number of aryl methyl sites for hydroxylation is 1. The number of rotatable bonds is 5. The van der Waals surface area contributed by atoms with Crippen molar-refractivity contribution >= 4 is 0 Å². The lowest BCUT2D eigenvalue weighted by Gasteiger charge is -2.07. The van der Waals surface area contributed by atoms with Gasteiger partial charge in [0.1, 0.15) is 17.5 Å². The Hall–Kier alpha value is -2.60. The molecule has 0 amide bonds. The summed E-state index contributed by atoms with van der Waals surface area (Å²) in [5.41, 5.74) is 7.44. The summed E-state index contributed by atoms with van der Waals surface area (Å²) in [6.45, 7) is 0. The highest BCUT2D eigenvalue weighted by molar-refractivity contribution is 5.55. The maximum atomic E-state index is 13.8. The smallest absolute Gasteiger partial charge is 0.184 e. The van der Waals surface area contributed by atoms with Crippen molar-refractivity contribution in [1.82, 2.24) is 15.2 Å². The molecule has 3 aromatic rings. The van der Waals surface area contributed by atoms with Crippen LogP contribution in [0.2, 0.25) is 0 Å². The lowest BCUT2D eigenvalue weighted by molar-refractivity contribution is 0.585. The lowest BCUT2D eigenvalue weighted by Crippen LogP contribution is -2.13. The van der Waals surface area contributed by atoms with Gasteiger partial charge in [-0.05, 0) is 30.5 Å². The Morgan fingerprint density at radius 2 is 1.87 bits per heavy atom. The van der Waals surface area contributed by atoms with E-state index in [2.05, 4.69) is 15.2 Å². The van der Waals surface area contributed by atoms with Crippen LogP contribution in [0.15, 0.2) is 48.5 Å². The summed E-state index contributed by atoms with van der Waals surface area (Å²) in [7, 11) is 0. The number of H-pyrrole nitrogens is 1. The molecule has 0 saturated heterocycles. The molecule has 0 bridgehead atoms. The van der Waals surface area contributed by atoms with E-state index in [1.54, 1.807) is 0 Å². The van der Waals surface area contributed by atoms with Crippen LogP contribution in [-0.2, 0) is 6.42 Å². The molecule has 1 atom stereocenters. The minimum Gasteiger partial charge on any atom is -0.321 e. The molecule has 23 heavy (non-hydrogen) atoms. The molecule has 2 aromatic carbocycles. The Bertz CT molecular complexity index is 786. The number of nitrogens with zero attached hydrogens (tertiary/aromatic N) is 2. The zero-order valence-electron chi connectivity index (χ0n) is 12.3. The summed E-state index contributed by atoms with van der Waals surface area (Å²) in [6, 6.07) is 12.9. The highest BCUT2D eigenvalue weighted by Crippen LogP contribution is 2.21. The predicted octanol–water partition coefficient (Wildman–Crippen LogP) is 3.38. The molecule has 0 radical (unpaired) electrons. The summed E-state index contributed by atoms with van der Waals surface area (Å²) in [5.74, 6) is -0.678. The molecular formula is C17H16F2N4. The molecule has 0 aliphatic rings. The van der Waals surface area contributed by atoms with E-state index < -0.39 is 11.6 Å². The van der Waals surface area contributed by atoms with Crippen LogP contribution in [0.5, 0.6) is 0 Å². The molecule has 6 heteroatoms. The molecule has 0 aliphatic carbocycles. The van der Waals surface area contributed by atoms with Gasteiger partial charge in [0.2, 0.25) is 0 Å². The summed E-state index contributed by atoms with van der Waals surface area (Å²) in [4.78, 5) is 4.23. The summed E-state index contributed by atoms with van der Waals surface area (Å²) in [5, 5.41) is 6.71. The molecule has 3 rings (SSSR count). The molecule has 0 aliphatic heterocycles. The van der Waals surface area contributed by atoms with E-state index in [4.69, 9.17) is 5.73 Å². The fraction of sp³-hybridized carbons (Fsp3) is 0.176. The summed E-state index contributed by atoms with van der Waals surface area (Å²) in [6.07, 6.45) is 1.49. The normalized spacial score (nSPS) is 12.3. The van der Waals surface area contributed by atoms with Crippen LogP contribution in [0.3, 0.4) is 0 Å². The van der Waals surface area contributed by atoms with Crippen LogP contribution in [-0.4, -0.2) is 15.2 Å². The number of aromatic amines is 1. The Morgan fingerprint density at radius 3 is 2.61 bits per heavy atom. The SMILES string of the molecule is N[C@H](CCc1ccccc1)c1nc(-c2ccc(F)cc2F)n[nH]1. The largest absolute Gasteiger partial charge is 0.321 e. The summed E-state index contributed by atoms with van der Waals surface area (Å²) < 4.78 is 26.7. The van der Waals surface area contributed by atoms with Gasteiger partial charge in [-0.1, -0.05) is 30.3 Å². The molecule has 0 saturated carbocycles. The molecule has 0 spiro atoms. The quantitative estimate of drug-likeness (QED) is 0.758. The monoisotopic (exact) mass is 314 g/mol. The minimum absolute atomic E-state index is 0.143. The number of hydrogen-bond donors (Lipinski definition) is 2. The Kier molecular flexibility index (Phi) is 4.43. The molecule has 4 nitrogen and oxygen atoms in total. The van der Waals surface area contributed by atoms with Crippen molar-refractivity contribution in [3.8, 4) is 11.4 Å². The van der Waals surface area contributed by atoms with Gasteiger partial charge in [-0.15, -0.1) is 0 Å². The lowest BCUT2D eigenvalue weighted by atomic mass is 10.1. The molecule has 1 heterocycles. The predicted molar refractivity (Wildman–Crippen MR) is 83.4 cm³/mol. The number of halogens is 2. The maximum Gasteiger partial charge on any atom is 0.184 e. The van der Waals surface area contributed by atoms with Crippen LogP contribution in [0.4, 0.5) is 8.78 Å². The third-order valence-corrected chi connectivity index (χ3v) is 3.61. The molecule has 118 valence electrons. The molecule has 0 fully saturated rings. The number of nitrogens with two attached hydrogens (primary N) is 1. The zero-order chi connectivity index (χ0) is 16.2. The maximum absolute atomic E-state index is 13.8. The van der Waals surface area contributed by atoms with Crippen molar-refractivity contribution in [2.45, 2.75) is 18.9 Å². The highest BCUT2D eigenvalue weighted by atomic mass is 19.1. The number of nitrogens with one attached hydrogen (secondary N) is 1. The Morgan fingerprint density at radius 1 is 1.09 bits per heavy atom. The Labute approximate surface area is 132 Å². The van der Waals surface area contributed by atoms with Crippen LogP contribution < -0.4 is 5.73 Å². The fourth-order valence-corrected chi connectivity index (χ4v) is 2.33. The van der Waals surface area contributed by atoms with Crippen molar-refractivity contribution in [1.29, 1.82) is 0 Å². The third kappa shape index (κ3) is 3.60. The molecule has 0 unspecified atom stereocenters. The number of benzene rings is 2. The van der Waals surface area contributed by atoms with E-state index in [1.165, 1.54) is 17.7 Å². The van der Waals surface area contributed by atoms with Gasteiger partial charge in [-0.2, -0.15) is 5.10 Å². The first-order valence-corrected chi connectivity index (χ1v) is 7.30. The van der Waals surface area contributed by atoms with Crippen LogP contribution in [0.1, 0.15) is 23.9 Å². The first kappa shape index (κ1) is 15.3. The van der Waals surface area contributed by atoms with E-state index in [-0.39, 0.29) is 17.4 Å². The van der Waals surface area contributed by atoms with Crippen molar-refractivity contribution in [2.75, 3.05) is 0 Å². The van der Waals surface area contributed by atoms with Gasteiger partial charge in [-0.3, -0.25) is 5.10 Å². The number of aromatic nitrogens is 3. The average molecular weight is 314 g/mol. The second kappa shape index (κ2) is 6.66. The van der Waals surface area contributed by atoms with Gasteiger partial charge < -0.3 is 5.73 Å². The minimum atomic E-state index is -0.701. The van der Waals surface area contributed by atoms with E-state index in [1.807, 2.05) is 30.3 Å².